The van der Waals surface area contributed by atoms with Gasteiger partial charge in [-0.15, -0.1) is 0 Å². The first-order valence-corrected chi connectivity index (χ1v) is 7.49. The Balaban J connectivity index is 1.99. The largest absolute Gasteiger partial charge is 0.461 e. The van der Waals surface area contributed by atoms with Crippen LogP contribution in [0.1, 0.15) is 33.1 Å². The van der Waals surface area contributed by atoms with Crippen LogP contribution in [0, 0.1) is 17.8 Å². The SMILES string of the molecule is CCC(C)CC(CC1C=CCOC1=O)Cn1cccn1. The van der Waals surface area contributed by atoms with E-state index in [9.17, 15) is 4.79 Å². The number of nitrogens with zero attached hydrogens (tertiary/aromatic N) is 2. The number of esters is 1. The molecule has 0 aromatic carbocycles. The number of hydrogen-bond acceptors (Lipinski definition) is 3. The molecular weight excluding hydrogens is 252 g/mol. The molecule has 0 saturated heterocycles. The minimum atomic E-state index is -0.0895. The molecule has 0 radical (unpaired) electrons. The molecule has 4 heteroatoms. The van der Waals surface area contributed by atoms with E-state index in [0.29, 0.717) is 18.4 Å². The second kappa shape index (κ2) is 7.27. The second-order valence-electron chi connectivity index (χ2n) is 5.74. The Morgan fingerprint density at radius 3 is 3.05 bits per heavy atom. The van der Waals surface area contributed by atoms with Crippen LogP contribution in [-0.2, 0) is 16.1 Å². The van der Waals surface area contributed by atoms with Crippen molar-refractivity contribution in [2.45, 2.75) is 39.7 Å². The lowest BCUT2D eigenvalue weighted by Gasteiger charge is -2.24. The Hall–Kier alpha value is -1.58. The monoisotopic (exact) mass is 276 g/mol. The minimum absolute atomic E-state index is 0.0814. The van der Waals surface area contributed by atoms with Gasteiger partial charge in [0.15, 0.2) is 0 Å². The van der Waals surface area contributed by atoms with E-state index in [0.717, 1.165) is 19.4 Å². The van der Waals surface area contributed by atoms with Gasteiger partial charge in [0.2, 0.25) is 0 Å². The summed E-state index contributed by atoms with van der Waals surface area (Å²) in [5, 5.41) is 4.28. The zero-order valence-electron chi connectivity index (χ0n) is 12.4. The fourth-order valence-corrected chi connectivity index (χ4v) is 2.72. The highest BCUT2D eigenvalue weighted by atomic mass is 16.5. The zero-order valence-corrected chi connectivity index (χ0v) is 12.4. The van der Waals surface area contributed by atoms with Crippen molar-refractivity contribution >= 4 is 5.97 Å². The molecule has 3 unspecified atom stereocenters. The van der Waals surface area contributed by atoms with Gasteiger partial charge in [0.1, 0.15) is 6.61 Å². The first kappa shape index (κ1) is 14.8. The molecule has 0 fully saturated rings. The number of hydrogen-bond donors (Lipinski definition) is 0. The summed E-state index contributed by atoms with van der Waals surface area (Å²) in [6, 6.07) is 1.94. The Morgan fingerprint density at radius 1 is 1.55 bits per heavy atom. The number of rotatable bonds is 7. The molecule has 0 spiro atoms. The van der Waals surface area contributed by atoms with Gasteiger partial charge in [0.25, 0.3) is 0 Å². The van der Waals surface area contributed by atoms with Crippen molar-refractivity contribution in [1.29, 1.82) is 0 Å². The Labute approximate surface area is 120 Å². The highest BCUT2D eigenvalue weighted by molar-refractivity contribution is 5.75. The first-order chi connectivity index (χ1) is 9.69. The predicted molar refractivity (Wildman–Crippen MR) is 78.0 cm³/mol. The van der Waals surface area contributed by atoms with Gasteiger partial charge >= 0.3 is 5.97 Å². The van der Waals surface area contributed by atoms with Crippen molar-refractivity contribution in [3.63, 3.8) is 0 Å². The Bertz CT molecular complexity index is 439. The van der Waals surface area contributed by atoms with E-state index in [1.165, 1.54) is 6.42 Å². The van der Waals surface area contributed by atoms with Crippen LogP contribution in [0.2, 0.25) is 0 Å². The van der Waals surface area contributed by atoms with E-state index in [4.69, 9.17) is 4.74 Å². The van der Waals surface area contributed by atoms with Crippen LogP contribution in [0.4, 0.5) is 0 Å². The number of cyclic esters (lactones) is 1. The van der Waals surface area contributed by atoms with Crippen molar-refractivity contribution in [2.75, 3.05) is 6.61 Å². The summed E-state index contributed by atoms with van der Waals surface area (Å²) >= 11 is 0. The number of carbonyl (C=O) groups is 1. The van der Waals surface area contributed by atoms with E-state index in [2.05, 4.69) is 18.9 Å². The van der Waals surface area contributed by atoms with E-state index < -0.39 is 0 Å². The highest BCUT2D eigenvalue weighted by Crippen LogP contribution is 2.26. The van der Waals surface area contributed by atoms with Crippen molar-refractivity contribution in [3.05, 3.63) is 30.6 Å². The third-order valence-corrected chi connectivity index (χ3v) is 4.02. The minimum Gasteiger partial charge on any atom is -0.461 e. The summed E-state index contributed by atoms with van der Waals surface area (Å²) in [6.45, 7) is 5.77. The van der Waals surface area contributed by atoms with E-state index in [1.807, 2.05) is 29.1 Å². The van der Waals surface area contributed by atoms with Gasteiger partial charge in [-0.1, -0.05) is 32.4 Å². The molecule has 0 N–H and O–H groups in total. The maximum atomic E-state index is 11.8. The summed E-state index contributed by atoms with van der Waals surface area (Å²) in [5.41, 5.74) is 0. The maximum absolute atomic E-state index is 11.8. The standard InChI is InChI=1S/C16H24N2O2/c1-3-13(2)10-14(12-18-8-5-7-17-18)11-15-6-4-9-20-16(15)19/h4-8,13-15H,3,9-12H2,1-2H3. The van der Waals surface area contributed by atoms with Crippen LogP contribution in [0.25, 0.3) is 0 Å². The van der Waals surface area contributed by atoms with E-state index >= 15 is 0 Å². The lowest BCUT2D eigenvalue weighted by molar-refractivity contribution is -0.147. The molecule has 0 aliphatic carbocycles. The number of ether oxygens (including phenoxy) is 1. The average Bonchev–Trinajstić information content (AvgIpc) is 2.94. The molecule has 2 rings (SSSR count). The molecule has 3 atom stereocenters. The van der Waals surface area contributed by atoms with Gasteiger partial charge in [-0.25, -0.2) is 0 Å². The van der Waals surface area contributed by atoms with Crippen LogP contribution in [0.15, 0.2) is 30.6 Å². The molecule has 0 amide bonds. The van der Waals surface area contributed by atoms with Crippen molar-refractivity contribution in [3.8, 4) is 0 Å². The van der Waals surface area contributed by atoms with Crippen molar-refractivity contribution < 1.29 is 9.53 Å². The summed E-state index contributed by atoms with van der Waals surface area (Å²) < 4.78 is 7.07. The molecule has 1 aromatic rings. The molecule has 1 aliphatic heterocycles. The smallest absolute Gasteiger partial charge is 0.313 e. The third-order valence-electron chi connectivity index (χ3n) is 4.02. The third kappa shape index (κ3) is 4.22. The molecule has 4 nitrogen and oxygen atoms in total. The molecule has 0 saturated carbocycles. The number of aromatic nitrogens is 2. The van der Waals surface area contributed by atoms with Crippen LogP contribution >= 0.6 is 0 Å². The molecule has 0 bridgehead atoms. The maximum Gasteiger partial charge on any atom is 0.313 e. The van der Waals surface area contributed by atoms with Gasteiger partial charge < -0.3 is 4.74 Å². The Kier molecular flexibility index (Phi) is 5.39. The zero-order chi connectivity index (χ0) is 14.4. The molecule has 1 aliphatic rings. The topological polar surface area (TPSA) is 44.1 Å². The van der Waals surface area contributed by atoms with Crippen LogP contribution in [0.3, 0.4) is 0 Å². The second-order valence-corrected chi connectivity index (χ2v) is 5.74. The quantitative estimate of drug-likeness (QED) is 0.568. The predicted octanol–water partition coefficient (Wildman–Crippen LogP) is 3.05. The van der Waals surface area contributed by atoms with Crippen LogP contribution < -0.4 is 0 Å². The van der Waals surface area contributed by atoms with Gasteiger partial charge in [0, 0.05) is 18.9 Å². The molecule has 1 aromatic heterocycles. The van der Waals surface area contributed by atoms with Crippen LogP contribution in [0.5, 0.6) is 0 Å². The summed E-state index contributed by atoms with van der Waals surface area (Å²) in [5.74, 6) is 0.944. The molecular formula is C16H24N2O2. The normalized spacial score (nSPS) is 21.5. The molecule has 20 heavy (non-hydrogen) atoms. The van der Waals surface area contributed by atoms with Crippen molar-refractivity contribution in [2.24, 2.45) is 17.8 Å². The van der Waals surface area contributed by atoms with E-state index in [1.54, 1.807) is 6.20 Å². The van der Waals surface area contributed by atoms with Gasteiger partial charge in [-0.2, -0.15) is 5.10 Å². The van der Waals surface area contributed by atoms with Gasteiger partial charge in [-0.3, -0.25) is 9.48 Å². The first-order valence-electron chi connectivity index (χ1n) is 7.49. The van der Waals surface area contributed by atoms with Crippen molar-refractivity contribution in [1.82, 2.24) is 9.78 Å². The fourth-order valence-electron chi connectivity index (χ4n) is 2.72. The molecule has 110 valence electrons. The van der Waals surface area contributed by atoms with Gasteiger partial charge in [-0.05, 0) is 30.7 Å². The fraction of sp³-hybridized carbons (Fsp3) is 0.625. The highest BCUT2D eigenvalue weighted by Gasteiger charge is 2.25. The van der Waals surface area contributed by atoms with Gasteiger partial charge in [0.05, 0.1) is 5.92 Å². The van der Waals surface area contributed by atoms with E-state index in [-0.39, 0.29) is 11.9 Å². The lowest BCUT2D eigenvalue weighted by Crippen LogP contribution is -2.25. The summed E-state index contributed by atoms with van der Waals surface area (Å²) in [6.07, 6.45) is 10.9. The summed E-state index contributed by atoms with van der Waals surface area (Å²) in [4.78, 5) is 11.8. The lowest BCUT2D eigenvalue weighted by atomic mass is 9.86. The molecule has 2 heterocycles. The summed E-state index contributed by atoms with van der Waals surface area (Å²) in [7, 11) is 0. The Morgan fingerprint density at radius 2 is 2.40 bits per heavy atom. The van der Waals surface area contributed by atoms with Crippen LogP contribution in [-0.4, -0.2) is 22.4 Å². The average molecular weight is 276 g/mol. The number of carbonyl (C=O) groups excluding carboxylic acids is 1.